The summed E-state index contributed by atoms with van der Waals surface area (Å²) in [6.07, 6.45) is -4.47. The minimum atomic E-state index is -4.47. The predicted molar refractivity (Wildman–Crippen MR) is 90.4 cm³/mol. The number of alkyl halides is 3. The van der Waals surface area contributed by atoms with Crippen LogP contribution in [0.5, 0.6) is 6.01 Å². The molecule has 1 N–H and O–H groups in total. The van der Waals surface area contributed by atoms with Crippen LogP contribution in [0.15, 0.2) is 24.3 Å². The molecule has 0 spiro atoms. The third-order valence-corrected chi connectivity index (χ3v) is 4.65. The average molecular weight is 389 g/mol. The third-order valence-electron chi connectivity index (χ3n) is 3.42. The van der Waals surface area contributed by atoms with Gasteiger partial charge in [0.15, 0.2) is 0 Å². The second-order valence-corrected chi connectivity index (χ2v) is 7.26. The highest BCUT2D eigenvalue weighted by molar-refractivity contribution is 7.91. The Labute approximate surface area is 149 Å². The number of nitrogens with one attached hydrogen (secondary N) is 1. The maximum atomic E-state index is 12.6. The van der Waals surface area contributed by atoms with E-state index >= 15 is 0 Å². The van der Waals surface area contributed by atoms with Crippen molar-refractivity contribution < 1.29 is 26.3 Å². The lowest BCUT2D eigenvalue weighted by Crippen LogP contribution is -2.18. The minimum Gasteiger partial charge on any atom is -0.464 e. The van der Waals surface area contributed by atoms with Gasteiger partial charge in [0.2, 0.25) is 10.0 Å². The number of anilines is 1. The standard InChI is InChI=1S/C16H18F3N3O3S/c1-4-25-15-20-10(2)14(11(3)21-15)22-26(23,24)9-12-5-7-13(8-6-12)16(17,18)19/h5-8,22H,4,9H2,1-3H3. The lowest BCUT2D eigenvalue weighted by Gasteiger charge is -2.14. The molecule has 2 aromatic rings. The summed E-state index contributed by atoms with van der Waals surface area (Å²) in [6.45, 7) is 5.35. The quantitative estimate of drug-likeness (QED) is 0.818. The van der Waals surface area contributed by atoms with Crippen molar-refractivity contribution in [3.8, 4) is 6.01 Å². The van der Waals surface area contributed by atoms with Crippen molar-refractivity contribution in [2.45, 2.75) is 32.7 Å². The van der Waals surface area contributed by atoms with Crippen molar-refractivity contribution in [3.05, 3.63) is 46.8 Å². The van der Waals surface area contributed by atoms with Gasteiger partial charge in [0.25, 0.3) is 0 Å². The number of ether oxygens (including phenoxy) is 1. The number of aryl methyl sites for hydroxylation is 2. The third kappa shape index (κ3) is 5.07. The average Bonchev–Trinajstić information content (AvgIpc) is 2.50. The van der Waals surface area contributed by atoms with Gasteiger partial charge >= 0.3 is 12.2 Å². The topological polar surface area (TPSA) is 81.2 Å². The van der Waals surface area contributed by atoms with Crippen LogP contribution in [0.25, 0.3) is 0 Å². The van der Waals surface area contributed by atoms with Crippen LogP contribution in [-0.2, 0) is 22.0 Å². The largest absolute Gasteiger partial charge is 0.464 e. The number of hydrogen-bond acceptors (Lipinski definition) is 5. The minimum absolute atomic E-state index is 0.146. The first-order valence-electron chi connectivity index (χ1n) is 7.66. The fourth-order valence-electron chi connectivity index (χ4n) is 2.23. The normalized spacial score (nSPS) is 12.1. The van der Waals surface area contributed by atoms with Gasteiger partial charge in [-0.25, -0.2) is 8.42 Å². The first-order chi connectivity index (χ1) is 12.0. The molecular formula is C16H18F3N3O3S. The van der Waals surface area contributed by atoms with E-state index in [-0.39, 0.29) is 17.3 Å². The number of hydrogen-bond donors (Lipinski definition) is 1. The zero-order chi connectivity index (χ0) is 19.5. The Morgan fingerprint density at radius 2 is 1.62 bits per heavy atom. The molecule has 0 radical (unpaired) electrons. The number of rotatable bonds is 6. The first kappa shape index (κ1) is 20.0. The van der Waals surface area contributed by atoms with Crippen LogP contribution in [0, 0.1) is 13.8 Å². The molecule has 10 heteroatoms. The number of aromatic nitrogens is 2. The molecule has 0 saturated heterocycles. The second kappa shape index (κ2) is 7.48. The van der Waals surface area contributed by atoms with Crippen LogP contribution in [0.1, 0.15) is 29.4 Å². The Bertz CT molecular complexity index is 859. The Kier molecular flexibility index (Phi) is 5.74. The van der Waals surface area contributed by atoms with E-state index < -0.39 is 27.5 Å². The molecule has 0 atom stereocenters. The Morgan fingerprint density at radius 1 is 1.08 bits per heavy atom. The molecule has 0 saturated carbocycles. The predicted octanol–water partition coefficient (Wildman–Crippen LogP) is 3.45. The monoisotopic (exact) mass is 389 g/mol. The maximum absolute atomic E-state index is 12.6. The van der Waals surface area contributed by atoms with Gasteiger partial charge in [-0.05, 0) is 38.5 Å². The molecule has 1 aromatic heterocycles. The van der Waals surface area contributed by atoms with Gasteiger partial charge in [0.05, 0.1) is 35.0 Å². The van der Waals surface area contributed by atoms with E-state index in [2.05, 4.69) is 14.7 Å². The van der Waals surface area contributed by atoms with Gasteiger partial charge in [-0.15, -0.1) is 0 Å². The summed E-state index contributed by atoms with van der Waals surface area (Å²) in [5.74, 6) is -0.475. The molecule has 0 aliphatic rings. The number of sulfonamides is 1. The first-order valence-corrected chi connectivity index (χ1v) is 9.31. The van der Waals surface area contributed by atoms with Gasteiger partial charge in [0.1, 0.15) is 0 Å². The van der Waals surface area contributed by atoms with Crippen molar-refractivity contribution in [1.29, 1.82) is 0 Å². The van der Waals surface area contributed by atoms with E-state index in [0.29, 0.717) is 18.0 Å². The van der Waals surface area contributed by atoms with Crippen LogP contribution in [0.4, 0.5) is 18.9 Å². The summed E-state index contributed by atoms with van der Waals surface area (Å²) in [5.41, 5.74) is 0.389. The SMILES string of the molecule is CCOc1nc(C)c(NS(=O)(=O)Cc2ccc(C(F)(F)F)cc2)c(C)n1. The number of halogens is 3. The molecule has 0 bridgehead atoms. The van der Waals surface area contributed by atoms with Gasteiger partial charge in [-0.3, -0.25) is 4.72 Å². The van der Waals surface area contributed by atoms with Crippen molar-refractivity contribution in [2.75, 3.05) is 11.3 Å². The summed E-state index contributed by atoms with van der Waals surface area (Å²) < 4.78 is 70.0. The van der Waals surface area contributed by atoms with Crippen molar-refractivity contribution >= 4 is 15.7 Å². The molecule has 0 aliphatic heterocycles. The summed E-state index contributed by atoms with van der Waals surface area (Å²) in [4.78, 5) is 8.14. The van der Waals surface area contributed by atoms with Crippen molar-refractivity contribution in [2.24, 2.45) is 0 Å². The van der Waals surface area contributed by atoms with Crippen molar-refractivity contribution in [1.82, 2.24) is 9.97 Å². The summed E-state index contributed by atoms with van der Waals surface area (Å²) in [5, 5.41) is 0. The van der Waals surface area contributed by atoms with E-state index in [1.165, 1.54) is 0 Å². The van der Waals surface area contributed by atoms with Crippen LogP contribution >= 0.6 is 0 Å². The Hall–Kier alpha value is -2.36. The van der Waals surface area contributed by atoms with Gasteiger partial charge < -0.3 is 4.74 Å². The molecule has 1 heterocycles. The lowest BCUT2D eigenvalue weighted by atomic mass is 10.1. The maximum Gasteiger partial charge on any atom is 0.416 e. The fourth-order valence-corrected chi connectivity index (χ4v) is 3.54. The van der Waals surface area contributed by atoms with Gasteiger partial charge in [-0.1, -0.05) is 12.1 Å². The molecule has 0 aliphatic carbocycles. The zero-order valence-electron chi connectivity index (χ0n) is 14.4. The van der Waals surface area contributed by atoms with E-state index in [1.54, 1.807) is 20.8 Å². The summed E-state index contributed by atoms with van der Waals surface area (Å²) in [7, 11) is -3.86. The van der Waals surface area contributed by atoms with Crippen LogP contribution in [0.3, 0.4) is 0 Å². The van der Waals surface area contributed by atoms with Crippen LogP contribution in [-0.4, -0.2) is 25.0 Å². The molecule has 2 rings (SSSR count). The van der Waals surface area contributed by atoms with E-state index in [1.807, 2.05) is 0 Å². The molecular weight excluding hydrogens is 371 g/mol. The summed E-state index contributed by atoms with van der Waals surface area (Å²) >= 11 is 0. The highest BCUT2D eigenvalue weighted by Crippen LogP contribution is 2.29. The Balaban J connectivity index is 2.19. The summed E-state index contributed by atoms with van der Waals surface area (Å²) in [6, 6.07) is 4.11. The molecule has 26 heavy (non-hydrogen) atoms. The van der Waals surface area contributed by atoms with E-state index in [4.69, 9.17) is 4.74 Å². The molecule has 1 aromatic carbocycles. The lowest BCUT2D eigenvalue weighted by molar-refractivity contribution is -0.137. The number of nitrogens with zero attached hydrogens (tertiary/aromatic N) is 2. The molecule has 6 nitrogen and oxygen atoms in total. The van der Waals surface area contributed by atoms with Crippen LogP contribution < -0.4 is 9.46 Å². The van der Waals surface area contributed by atoms with Gasteiger partial charge in [0, 0.05) is 0 Å². The highest BCUT2D eigenvalue weighted by Gasteiger charge is 2.30. The van der Waals surface area contributed by atoms with Gasteiger partial charge in [-0.2, -0.15) is 23.1 Å². The molecule has 0 fully saturated rings. The van der Waals surface area contributed by atoms with Crippen LogP contribution in [0.2, 0.25) is 0 Å². The molecule has 0 unspecified atom stereocenters. The highest BCUT2D eigenvalue weighted by atomic mass is 32.2. The van der Waals surface area contributed by atoms with Crippen molar-refractivity contribution in [3.63, 3.8) is 0 Å². The number of benzene rings is 1. The smallest absolute Gasteiger partial charge is 0.416 e. The molecule has 0 amide bonds. The van der Waals surface area contributed by atoms with E-state index in [0.717, 1.165) is 24.3 Å². The molecule has 142 valence electrons. The zero-order valence-corrected chi connectivity index (χ0v) is 15.2. The second-order valence-electron chi connectivity index (χ2n) is 5.54. The Morgan fingerprint density at radius 3 is 2.08 bits per heavy atom. The van der Waals surface area contributed by atoms with E-state index in [9.17, 15) is 21.6 Å². The fraction of sp³-hybridized carbons (Fsp3) is 0.375.